The van der Waals surface area contributed by atoms with Crippen LogP contribution in [0.15, 0.2) is 17.1 Å². The van der Waals surface area contributed by atoms with Crippen molar-refractivity contribution in [3.05, 3.63) is 31.8 Å². The van der Waals surface area contributed by atoms with Crippen LogP contribution < -0.4 is 5.56 Å². The summed E-state index contributed by atoms with van der Waals surface area (Å²) in [5, 5.41) is 0. The van der Waals surface area contributed by atoms with E-state index in [1.165, 1.54) is 12.3 Å². The lowest BCUT2D eigenvalue weighted by Crippen LogP contribution is -2.11. The van der Waals surface area contributed by atoms with Crippen LogP contribution in [-0.4, -0.2) is 4.98 Å². The Morgan fingerprint density at radius 3 is 2.64 bits per heavy atom. The van der Waals surface area contributed by atoms with E-state index >= 15 is 0 Å². The Bertz CT molecular complexity index is 310. The van der Waals surface area contributed by atoms with Gasteiger partial charge in [-0.1, -0.05) is 0 Å². The summed E-state index contributed by atoms with van der Waals surface area (Å²) in [5.74, 6) is 0. The van der Waals surface area contributed by atoms with Gasteiger partial charge in [0.15, 0.2) is 0 Å². The maximum absolute atomic E-state index is 12.1. The number of hydrogen-bond acceptors (Lipinski definition) is 1. The molecule has 60 valence electrons. The summed E-state index contributed by atoms with van der Waals surface area (Å²) in [4.78, 5) is 13.0. The molecule has 5 heteroatoms. The molecule has 0 aliphatic carbocycles. The van der Waals surface area contributed by atoms with Crippen molar-refractivity contribution in [3.63, 3.8) is 0 Å². The molecule has 11 heavy (non-hydrogen) atoms. The summed E-state index contributed by atoms with van der Waals surface area (Å²) in [6.07, 6.45) is -1.37. The van der Waals surface area contributed by atoms with Gasteiger partial charge in [-0.25, -0.2) is 8.78 Å². The van der Waals surface area contributed by atoms with Gasteiger partial charge in [-0.15, -0.1) is 0 Å². The van der Waals surface area contributed by atoms with Crippen molar-refractivity contribution in [2.75, 3.05) is 0 Å². The third-order valence-electron chi connectivity index (χ3n) is 1.17. The maximum Gasteiger partial charge on any atom is 0.265 e. The fraction of sp³-hybridized carbons (Fsp3) is 0.167. The fourth-order valence-electron chi connectivity index (χ4n) is 0.643. The van der Waals surface area contributed by atoms with Gasteiger partial charge in [0, 0.05) is 11.8 Å². The molecule has 0 bridgehead atoms. The van der Waals surface area contributed by atoms with Crippen molar-refractivity contribution >= 4 is 22.6 Å². The zero-order chi connectivity index (χ0) is 8.43. The Kier molecular flexibility index (Phi) is 2.58. The summed E-state index contributed by atoms with van der Waals surface area (Å²) in [5.41, 5.74) is -0.683. The Morgan fingerprint density at radius 2 is 2.18 bits per heavy atom. The Labute approximate surface area is 74.8 Å². The Morgan fingerprint density at radius 1 is 1.55 bits per heavy atom. The lowest BCUT2D eigenvalue weighted by molar-refractivity contribution is 0.150. The van der Waals surface area contributed by atoms with E-state index in [1.54, 1.807) is 22.6 Å². The first-order valence-corrected chi connectivity index (χ1v) is 3.86. The van der Waals surface area contributed by atoms with Gasteiger partial charge in [0.1, 0.15) is 0 Å². The van der Waals surface area contributed by atoms with E-state index in [9.17, 15) is 13.6 Å². The minimum absolute atomic E-state index is 0.0556. The molecule has 0 spiro atoms. The minimum atomic E-state index is -2.58. The van der Waals surface area contributed by atoms with Crippen molar-refractivity contribution in [1.29, 1.82) is 0 Å². The molecular weight excluding hydrogens is 267 g/mol. The van der Waals surface area contributed by atoms with E-state index in [0.717, 1.165) is 0 Å². The number of aromatic nitrogens is 1. The molecule has 0 atom stereocenters. The van der Waals surface area contributed by atoms with E-state index in [4.69, 9.17) is 0 Å². The monoisotopic (exact) mass is 271 g/mol. The van der Waals surface area contributed by atoms with Gasteiger partial charge >= 0.3 is 0 Å². The molecule has 2 nitrogen and oxygen atoms in total. The standard InChI is InChI=1S/C6H4F2INO/c7-5(8)3-1-2-10-6(11)4(3)9/h1-2,5H,(H,10,11). The number of hydrogen-bond donors (Lipinski definition) is 1. The quantitative estimate of drug-likeness (QED) is 0.777. The molecule has 0 radical (unpaired) electrons. The summed E-state index contributed by atoms with van der Waals surface area (Å²) in [6, 6.07) is 1.20. The molecule has 1 heterocycles. The van der Waals surface area contributed by atoms with Crippen molar-refractivity contribution in [2.45, 2.75) is 6.43 Å². The van der Waals surface area contributed by atoms with Gasteiger partial charge < -0.3 is 4.98 Å². The Balaban J connectivity index is 3.28. The van der Waals surface area contributed by atoms with Crippen molar-refractivity contribution in [3.8, 4) is 0 Å². The largest absolute Gasteiger partial charge is 0.328 e. The second-order valence-corrected chi connectivity index (χ2v) is 2.96. The molecular formula is C6H4F2INO. The average Bonchev–Trinajstić information content (AvgIpc) is 1.94. The molecule has 0 saturated carbocycles. The molecule has 0 aromatic carbocycles. The van der Waals surface area contributed by atoms with Crippen LogP contribution in [0.1, 0.15) is 12.0 Å². The predicted molar refractivity (Wildman–Crippen MR) is 44.7 cm³/mol. The second kappa shape index (κ2) is 3.29. The third-order valence-corrected chi connectivity index (χ3v) is 2.28. The molecule has 0 aliphatic rings. The van der Waals surface area contributed by atoms with Gasteiger partial charge in [0.2, 0.25) is 0 Å². The third kappa shape index (κ3) is 1.76. The number of rotatable bonds is 1. The number of aromatic amines is 1. The van der Waals surface area contributed by atoms with Crippen LogP contribution in [0.25, 0.3) is 0 Å². The Hall–Kier alpha value is -0.460. The van der Waals surface area contributed by atoms with Crippen LogP contribution in [0.5, 0.6) is 0 Å². The summed E-state index contributed by atoms with van der Waals surface area (Å²) in [6.45, 7) is 0. The van der Waals surface area contributed by atoms with Crippen LogP contribution in [-0.2, 0) is 0 Å². The van der Waals surface area contributed by atoms with Gasteiger partial charge in [-0.3, -0.25) is 4.79 Å². The molecule has 1 rings (SSSR count). The second-order valence-electron chi connectivity index (χ2n) is 1.88. The van der Waals surface area contributed by atoms with Crippen molar-refractivity contribution in [2.24, 2.45) is 0 Å². The molecule has 0 unspecified atom stereocenters. The van der Waals surface area contributed by atoms with Crippen LogP contribution in [0.4, 0.5) is 8.78 Å². The average molecular weight is 271 g/mol. The molecule has 1 aromatic heterocycles. The number of nitrogens with one attached hydrogen (secondary N) is 1. The SMILES string of the molecule is O=c1[nH]ccc(C(F)F)c1I. The minimum Gasteiger partial charge on any atom is -0.328 e. The van der Waals surface area contributed by atoms with Gasteiger partial charge in [-0.2, -0.15) is 0 Å². The smallest absolute Gasteiger partial charge is 0.265 e. The van der Waals surface area contributed by atoms with Crippen LogP contribution in [0.2, 0.25) is 0 Å². The molecule has 0 aliphatic heterocycles. The normalized spacial score (nSPS) is 10.5. The van der Waals surface area contributed by atoms with Crippen LogP contribution in [0, 0.1) is 3.57 Å². The molecule has 1 N–H and O–H groups in total. The molecule has 0 fully saturated rings. The van der Waals surface area contributed by atoms with Gasteiger partial charge in [-0.05, 0) is 28.7 Å². The van der Waals surface area contributed by atoms with Gasteiger partial charge in [0.25, 0.3) is 12.0 Å². The van der Waals surface area contributed by atoms with Gasteiger partial charge in [0.05, 0.1) is 3.57 Å². The number of alkyl halides is 2. The first-order valence-electron chi connectivity index (χ1n) is 2.78. The highest BCUT2D eigenvalue weighted by Crippen LogP contribution is 2.20. The number of H-pyrrole nitrogens is 1. The van der Waals surface area contributed by atoms with Crippen molar-refractivity contribution < 1.29 is 8.78 Å². The fourth-order valence-corrected chi connectivity index (χ4v) is 1.21. The van der Waals surface area contributed by atoms with Crippen LogP contribution in [0.3, 0.4) is 0 Å². The van der Waals surface area contributed by atoms with E-state index in [2.05, 4.69) is 4.98 Å². The summed E-state index contributed by atoms with van der Waals surface area (Å²) < 4.78 is 24.2. The number of halogens is 3. The first kappa shape index (κ1) is 8.63. The summed E-state index contributed by atoms with van der Waals surface area (Å²) in [7, 11) is 0. The van der Waals surface area contributed by atoms with Crippen LogP contribution >= 0.6 is 22.6 Å². The highest BCUT2D eigenvalue weighted by atomic mass is 127. The van der Waals surface area contributed by atoms with E-state index in [0.29, 0.717) is 0 Å². The van der Waals surface area contributed by atoms with E-state index < -0.39 is 12.0 Å². The maximum atomic E-state index is 12.1. The zero-order valence-electron chi connectivity index (χ0n) is 5.27. The molecule has 0 amide bonds. The van der Waals surface area contributed by atoms with Crippen molar-refractivity contribution in [1.82, 2.24) is 4.98 Å². The lowest BCUT2D eigenvalue weighted by atomic mass is 10.3. The van der Waals surface area contributed by atoms with E-state index in [-0.39, 0.29) is 9.13 Å². The van der Waals surface area contributed by atoms with E-state index in [1.807, 2.05) is 0 Å². The number of pyridine rings is 1. The predicted octanol–water partition coefficient (Wildman–Crippen LogP) is 1.92. The first-order chi connectivity index (χ1) is 5.13. The molecule has 0 saturated heterocycles. The lowest BCUT2D eigenvalue weighted by Gasteiger charge is -1.99. The molecule has 1 aromatic rings. The topological polar surface area (TPSA) is 32.9 Å². The highest BCUT2D eigenvalue weighted by molar-refractivity contribution is 14.1. The summed E-state index contributed by atoms with van der Waals surface area (Å²) >= 11 is 1.60. The highest BCUT2D eigenvalue weighted by Gasteiger charge is 2.12. The zero-order valence-corrected chi connectivity index (χ0v) is 7.43.